The second-order valence-electron chi connectivity index (χ2n) is 6.96. The van der Waals surface area contributed by atoms with Crippen LogP contribution in [-0.2, 0) is 14.4 Å². The molecule has 1 aliphatic rings. The summed E-state index contributed by atoms with van der Waals surface area (Å²) in [5.41, 5.74) is 0.754. The number of benzene rings is 2. The zero-order chi connectivity index (χ0) is 22.5. The molecule has 1 heterocycles. The van der Waals surface area contributed by atoms with Crippen LogP contribution in [-0.4, -0.2) is 53.5 Å². The molecule has 31 heavy (non-hydrogen) atoms. The number of carboxylic acids is 1. The highest BCUT2D eigenvalue weighted by atomic mass is 16.5. The van der Waals surface area contributed by atoms with Crippen molar-refractivity contribution in [2.45, 2.75) is 18.9 Å². The van der Waals surface area contributed by atoms with E-state index in [0.29, 0.717) is 22.6 Å². The molecule has 0 saturated carbocycles. The van der Waals surface area contributed by atoms with Crippen LogP contribution in [0.2, 0.25) is 0 Å². The van der Waals surface area contributed by atoms with Gasteiger partial charge in [-0.25, -0.2) is 0 Å². The van der Waals surface area contributed by atoms with E-state index in [1.54, 1.807) is 48.5 Å². The third-order valence-corrected chi connectivity index (χ3v) is 5.11. The van der Waals surface area contributed by atoms with Gasteiger partial charge in [-0.15, -0.1) is 0 Å². The number of hydrogen-bond acceptors (Lipinski definition) is 6. The Kier molecular flexibility index (Phi) is 6.59. The van der Waals surface area contributed by atoms with Gasteiger partial charge in [0.25, 0.3) is 11.7 Å². The van der Waals surface area contributed by atoms with Crippen LogP contribution in [0.15, 0.2) is 54.1 Å². The highest BCUT2D eigenvalue weighted by Gasteiger charge is 2.47. The van der Waals surface area contributed by atoms with E-state index in [0.717, 1.165) is 0 Å². The minimum Gasteiger partial charge on any atom is -0.507 e. The average molecular weight is 425 g/mol. The molecule has 8 nitrogen and oxygen atoms in total. The fraction of sp³-hybridized carbons (Fsp3) is 0.261. The molecule has 0 aromatic heterocycles. The molecule has 0 spiro atoms. The number of methoxy groups -OCH3 is 2. The van der Waals surface area contributed by atoms with Crippen molar-refractivity contribution >= 4 is 23.4 Å². The molecule has 3 rings (SSSR count). The van der Waals surface area contributed by atoms with Gasteiger partial charge in [0.2, 0.25) is 0 Å². The van der Waals surface area contributed by atoms with Gasteiger partial charge in [-0.05, 0) is 24.6 Å². The summed E-state index contributed by atoms with van der Waals surface area (Å²) in [5, 5.41) is 19.9. The first-order valence-electron chi connectivity index (χ1n) is 9.66. The van der Waals surface area contributed by atoms with Crippen molar-refractivity contribution in [3.63, 3.8) is 0 Å². The molecule has 1 fully saturated rings. The van der Waals surface area contributed by atoms with Gasteiger partial charge in [0.1, 0.15) is 17.3 Å². The molecular formula is C23H23NO7. The summed E-state index contributed by atoms with van der Waals surface area (Å²) >= 11 is 0. The smallest absolute Gasteiger partial charge is 0.303 e. The second kappa shape index (κ2) is 9.34. The Morgan fingerprint density at radius 2 is 1.74 bits per heavy atom. The number of hydrogen-bond donors (Lipinski definition) is 2. The van der Waals surface area contributed by atoms with E-state index in [4.69, 9.17) is 14.6 Å². The summed E-state index contributed by atoms with van der Waals surface area (Å²) in [6.45, 7) is 0.0213. The third kappa shape index (κ3) is 4.37. The van der Waals surface area contributed by atoms with Gasteiger partial charge in [-0.3, -0.25) is 14.4 Å². The van der Waals surface area contributed by atoms with Crippen LogP contribution in [0.3, 0.4) is 0 Å². The molecule has 0 bridgehead atoms. The fourth-order valence-electron chi connectivity index (χ4n) is 3.64. The van der Waals surface area contributed by atoms with Crippen LogP contribution in [0.25, 0.3) is 5.76 Å². The molecule has 0 unspecified atom stereocenters. The van der Waals surface area contributed by atoms with Crippen molar-refractivity contribution in [1.82, 2.24) is 4.90 Å². The highest BCUT2D eigenvalue weighted by Crippen LogP contribution is 2.43. The number of ketones is 1. The van der Waals surface area contributed by atoms with Crippen molar-refractivity contribution < 1.29 is 34.1 Å². The Morgan fingerprint density at radius 3 is 2.35 bits per heavy atom. The number of aliphatic hydroxyl groups excluding tert-OH is 1. The maximum Gasteiger partial charge on any atom is 0.303 e. The molecule has 8 heteroatoms. The van der Waals surface area contributed by atoms with Gasteiger partial charge in [0.05, 0.1) is 25.8 Å². The van der Waals surface area contributed by atoms with Crippen LogP contribution in [0.5, 0.6) is 11.5 Å². The predicted octanol–water partition coefficient (Wildman–Crippen LogP) is 2.99. The van der Waals surface area contributed by atoms with Gasteiger partial charge in [-0.1, -0.05) is 30.3 Å². The maximum absolute atomic E-state index is 13.0. The zero-order valence-electron chi connectivity index (χ0n) is 17.2. The molecule has 162 valence electrons. The van der Waals surface area contributed by atoms with Crippen LogP contribution < -0.4 is 9.47 Å². The van der Waals surface area contributed by atoms with Gasteiger partial charge < -0.3 is 24.6 Å². The number of carbonyl (C=O) groups excluding carboxylic acids is 2. The Balaban J connectivity index is 2.19. The lowest BCUT2D eigenvalue weighted by Crippen LogP contribution is -2.31. The minimum absolute atomic E-state index is 0.0213. The number of ether oxygens (including phenoxy) is 2. The predicted molar refractivity (Wildman–Crippen MR) is 112 cm³/mol. The van der Waals surface area contributed by atoms with E-state index in [1.807, 2.05) is 0 Å². The molecule has 1 atom stereocenters. The van der Waals surface area contributed by atoms with Gasteiger partial charge in [0, 0.05) is 24.1 Å². The third-order valence-electron chi connectivity index (χ3n) is 5.11. The molecule has 1 saturated heterocycles. The SMILES string of the molecule is COc1ccc(OC)c([C@H]2C(=C(O)c3ccccc3)C(=O)C(=O)N2CCCC(=O)O)c1. The zero-order valence-corrected chi connectivity index (χ0v) is 17.2. The maximum atomic E-state index is 13.0. The Labute approximate surface area is 179 Å². The van der Waals surface area contributed by atoms with E-state index in [-0.39, 0.29) is 30.7 Å². The fourth-order valence-corrected chi connectivity index (χ4v) is 3.64. The molecule has 0 radical (unpaired) electrons. The molecule has 1 amide bonds. The van der Waals surface area contributed by atoms with Crippen molar-refractivity contribution in [1.29, 1.82) is 0 Å². The van der Waals surface area contributed by atoms with E-state index in [1.165, 1.54) is 19.1 Å². The molecule has 1 aliphatic heterocycles. The molecule has 2 N–H and O–H groups in total. The van der Waals surface area contributed by atoms with Crippen molar-refractivity contribution in [2.75, 3.05) is 20.8 Å². The van der Waals surface area contributed by atoms with E-state index in [2.05, 4.69) is 0 Å². The number of aliphatic hydroxyl groups is 1. The Bertz CT molecular complexity index is 1030. The second-order valence-corrected chi connectivity index (χ2v) is 6.96. The van der Waals surface area contributed by atoms with E-state index in [9.17, 15) is 19.5 Å². The van der Waals surface area contributed by atoms with E-state index < -0.39 is 23.7 Å². The topological polar surface area (TPSA) is 113 Å². The average Bonchev–Trinajstić information content (AvgIpc) is 3.03. The lowest BCUT2D eigenvalue weighted by molar-refractivity contribution is -0.140. The quantitative estimate of drug-likeness (QED) is 0.380. The van der Waals surface area contributed by atoms with Crippen LogP contribution >= 0.6 is 0 Å². The number of carbonyl (C=O) groups is 3. The first-order valence-corrected chi connectivity index (χ1v) is 9.66. The number of nitrogens with zero attached hydrogens (tertiary/aromatic N) is 1. The van der Waals surface area contributed by atoms with Crippen LogP contribution in [0, 0.1) is 0 Å². The lowest BCUT2D eigenvalue weighted by atomic mass is 9.94. The normalized spacial score (nSPS) is 17.6. The number of aliphatic carboxylic acids is 1. The number of amides is 1. The summed E-state index contributed by atoms with van der Waals surface area (Å²) in [7, 11) is 2.94. The highest BCUT2D eigenvalue weighted by molar-refractivity contribution is 6.46. The summed E-state index contributed by atoms with van der Waals surface area (Å²) in [6, 6.07) is 12.4. The molecule has 2 aromatic carbocycles. The standard InChI is InChI=1S/C23H23NO7/c1-30-15-10-11-17(31-2)16(13-15)20-19(21(27)14-7-4-3-5-8-14)22(28)23(29)24(20)12-6-9-18(25)26/h3-5,7-8,10-11,13,20,27H,6,9,12H2,1-2H3,(H,25,26)/t20-/m0/s1. The number of Topliss-reactive ketones (excluding diaryl/α,β-unsaturated/α-hetero) is 1. The first-order chi connectivity index (χ1) is 14.9. The van der Waals surface area contributed by atoms with Crippen molar-refractivity contribution in [2.24, 2.45) is 0 Å². The first kappa shape index (κ1) is 21.9. The van der Waals surface area contributed by atoms with Crippen molar-refractivity contribution in [3.05, 3.63) is 65.2 Å². The molecule has 0 aliphatic carbocycles. The lowest BCUT2D eigenvalue weighted by Gasteiger charge is -2.26. The van der Waals surface area contributed by atoms with Gasteiger partial charge >= 0.3 is 5.97 Å². The molecule has 2 aromatic rings. The monoisotopic (exact) mass is 425 g/mol. The molecular weight excluding hydrogens is 402 g/mol. The summed E-state index contributed by atoms with van der Waals surface area (Å²) in [4.78, 5) is 38.1. The van der Waals surface area contributed by atoms with Gasteiger partial charge in [0.15, 0.2) is 0 Å². The Hall–Kier alpha value is -3.81. The Morgan fingerprint density at radius 1 is 1.03 bits per heavy atom. The van der Waals surface area contributed by atoms with Gasteiger partial charge in [-0.2, -0.15) is 0 Å². The van der Waals surface area contributed by atoms with E-state index >= 15 is 0 Å². The number of carboxylic acid groups (broad SMARTS) is 1. The summed E-state index contributed by atoms with van der Waals surface area (Å²) < 4.78 is 10.7. The summed E-state index contributed by atoms with van der Waals surface area (Å²) in [6.07, 6.45) is -0.0137. The minimum atomic E-state index is -1.00. The van der Waals surface area contributed by atoms with Crippen LogP contribution in [0.1, 0.15) is 30.0 Å². The summed E-state index contributed by atoms with van der Waals surface area (Å²) in [5.74, 6) is -2.09. The number of rotatable bonds is 8. The van der Waals surface area contributed by atoms with Crippen molar-refractivity contribution in [3.8, 4) is 11.5 Å². The number of likely N-dealkylation sites (tertiary alicyclic amines) is 1. The largest absolute Gasteiger partial charge is 0.507 e. The van der Waals surface area contributed by atoms with Crippen LogP contribution in [0.4, 0.5) is 0 Å².